The average Bonchev–Trinajstić information content (AvgIpc) is 2.85. The van der Waals surface area contributed by atoms with Crippen molar-refractivity contribution in [3.05, 3.63) is 36.7 Å². The Morgan fingerprint density at radius 1 is 1.42 bits per heavy atom. The van der Waals surface area contributed by atoms with Gasteiger partial charge in [-0.15, -0.1) is 0 Å². The molecular weight excluding hydrogens is 240 g/mol. The molecule has 0 unspecified atom stereocenters. The average molecular weight is 258 g/mol. The van der Waals surface area contributed by atoms with Gasteiger partial charge in [0.25, 0.3) is 0 Å². The van der Waals surface area contributed by atoms with Crippen molar-refractivity contribution in [2.45, 2.75) is 19.9 Å². The maximum Gasteiger partial charge on any atom is 0.241 e. The minimum absolute atomic E-state index is 0.0301. The Morgan fingerprint density at radius 2 is 2.21 bits per heavy atom. The summed E-state index contributed by atoms with van der Waals surface area (Å²) in [5, 5.41) is 7.00. The lowest BCUT2D eigenvalue weighted by atomic mass is 10.1. The predicted molar refractivity (Wildman–Crippen MR) is 75.4 cm³/mol. The highest BCUT2D eigenvalue weighted by molar-refractivity contribution is 5.77. The lowest BCUT2D eigenvalue weighted by Gasteiger charge is -2.03. The van der Waals surface area contributed by atoms with Gasteiger partial charge in [-0.25, -0.2) is 0 Å². The highest BCUT2D eigenvalue weighted by Gasteiger charge is 2.07. The number of rotatable bonds is 5. The van der Waals surface area contributed by atoms with E-state index in [1.165, 1.54) is 0 Å². The number of nitrogens with zero attached hydrogens (tertiary/aromatic N) is 2. The zero-order chi connectivity index (χ0) is 13.7. The molecule has 0 aliphatic rings. The lowest BCUT2D eigenvalue weighted by molar-refractivity contribution is -0.121. The van der Waals surface area contributed by atoms with Gasteiger partial charge in [0.05, 0.1) is 6.20 Å². The quantitative estimate of drug-likeness (QED) is 0.801. The molecule has 2 rings (SSSR count). The van der Waals surface area contributed by atoms with Crippen molar-refractivity contribution in [1.82, 2.24) is 15.1 Å². The maximum atomic E-state index is 11.6. The molecule has 0 atom stereocenters. The number of hydrogen-bond acceptors (Lipinski definition) is 3. The van der Waals surface area contributed by atoms with Crippen molar-refractivity contribution in [1.29, 1.82) is 0 Å². The van der Waals surface area contributed by atoms with Gasteiger partial charge in [-0.2, -0.15) is 5.10 Å². The minimum Gasteiger partial charge on any atom is -0.398 e. The molecule has 1 aromatic carbocycles. The fourth-order valence-corrected chi connectivity index (χ4v) is 1.82. The van der Waals surface area contributed by atoms with Crippen LogP contribution in [-0.2, 0) is 11.3 Å². The van der Waals surface area contributed by atoms with Gasteiger partial charge in [-0.1, -0.05) is 25.1 Å². The number of carbonyl (C=O) groups excluding carboxylic acids is 1. The number of amides is 1. The zero-order valence-corrected chi connectivity index (χ0v) is 11.0. The number of nitrogens with one attached hydrogen (secondary N) is 1. The van der Waals surface area contributed by atoms with Crippen LogP contribution in [0.3, 0.4) is 0 Å². The second-order valence-corrected chi connectivity index (χ2v) is 4.36. The van der Waals surface area contributed by atoms with Crippen LogP contribution in [0.1, 0.15) is 13.3 Å². The number of nitrogens with two attached hydrogens (primary N) is 1. The Labute approximate surface area is 112 Å². The van der Waals surface area contributed by atoms with Gasteiger partial charge in [0, 0.05) is 29.6 Å². The van der Waals surface area contributed by atoms with Crippen LogP contribution in [0.5, 0.6) is 0 Å². The first-order valence-electron chi connectivity index (χ1n) is 6.34. The molecule has 100 valence electrons. The van der Waals surface area contributed by atoms with Crippen LogP contribution in [0.15, 0.2) is 36.7 Å². The number of para-hydroxylation sites is 1. The molecule has 0 bridgehead atoms. The van der Waals surface area contributed by atoms with Crippen molar-refractivity contribution in [3.63, 3.8) is 0 Å². The molecular formula is C14H18N4O. The van der Waals surface area contributed by atoms with Gasteiger partial charge >= 0.3 is 0 Å². The summed E-state index contributed by atoms with van der Waals surface area (Å²) in [6.45, 7) is 2.94. The Morgan fingerprint density at radius 3 is 2.95 bits per heavy atom. The molecule has 0 radical (unpaired) electrons. The summed E-state index contributed by atoms with van der Waals surface area (Å²) in [6.07, 6.45) is 4.48. The highest BCUT2D eigenvalue weighted by atomic mass is 16.2. The van der Waals surface area contributed by atoms with E-state index in [-0.39, 0.29) is 12.5 Å². The van der Waals surface area contributed by atoms with Crippen molar-refractivity contribution >= 4 is 11.6 Å². The highest BCUT2D eigenvalue weighted by Crippen LogP contribution is 2.24. The van der Waals surface area contributed by atoms with Crippen LogP contribution in [0.2, 0.25) is 0 Å². The third-order valence-electron chi connectivity index (χ3n) is 2.78. The third kappa shape index (κ3) is 3.34. The van der Waals surface area contributed by atoms with Crippen LogP contribution in [-0.4, -0.2) is 22.2 Å². The number of aromatic nitrogens is 2. The molecule has 1 aromatic heterocycles. The smallest absolute Gasteiger partial charge is 0.241 e. The second kappa shape index (κ2) is 6.04. The topological polar surface area (TPSA) is 72.9 Å². The molecule has 0 spiro atoms. The molecule has 0 aliphatic heterocycles. The van der Waals surface area contributed by atoms with Gasteiger partial charge in [0.1, 0.15) is 6.54 Å². The van der Waals surface area contributed by atoms with E-state index < -0.39 is 0 Å². The molecule has 0 saturated heterocycles. The van der Waals surface area contributed by atoms with Crippen LogP contribution >= 0.6 is 0 Å². The van der Waals surface area contributed by atoms with Gasteiger partial charge in [-0.3, -0.25) is 9.48 Å². The maximum absolute atomic E-state index is 11.6. The Bertz CT molecular complexity index is 562. The molecule has 1 amide bonds. The van der Waals surface area contributed by atoms with E-state index in [1.807, 2.05) is 37.4 Å². The summed E-state index contributed by atoms with van der Waals surface area (Å²) in [5.41, 5.74) is 8.47. The first-order chi connectivity index (χ1) is 9.20. The first-order valence-corrected chi connectivity index (χ1v) is 6.34. The summed E-state index contributed by atoms with van der Waals surface area (Å²) in [7, 11) is 0. The molecule has 0 aliphatic carbocycles. The van der Waals surface area contributed by atoms with Crippen LogP contribution in [0, 0.1) is 0 Å². The zero-order valence-electron chi connectivity index (χ0n) is 11.0. The van der Waals surface area contributed by atoms with E-state index in [0.717, 1.165) is 17.5 Å². The lowest BCUT2D eigenvalue weighted by Crippen LogP contribution is -2.28. The van der Waals surface area contributed by atoms with Gasteiger partial charge in [0.15, 0.2) is 0 Å². The molecule has 0 fully saturated rings. The molecule has 3 N–H and O–H groups in total. The molecule has 0 saturated carbocycles. The molecule has 2 aromatic rings. The monoisotopic (exact) mass is 258 g/mol. The van der Waals surface area contributed by atoms with Gasteiger partial charge in [-0.05, 0) is 12.5 Å². The number of anilines is 1. The van der Waals surface area contributed by atoms with Gasteiger partial charge in [0.2, 0.25) is 5.91 Å². The van der Waals surface area contributed by atoms with E-state index in [1.54, 1.807) is 10.9 Å². The number of benzene rings is 1. The second-order valence-electron chi connectivity index (χ2n) is 4.36. The minimum atomic E-state index is -0.0301. The van der Waals surface area contributed by atoms with E-state index in [4.69, 9.17) is 5.73 Å². The number of hydrogen-bond donors (Lipinski definition) is 2. The third-order valence-corrected chi connectivity index (χ3v) is 2.78. The van der Waals surface area contributed by atoms with E-state index in [2.05, 4.69) is 10.4 Å². The standard InChI is InChI=1S/C14H18N4O/c1-2-7-16-14(19)10-18-9-11(8-17-18)12-5-3-4-6-13(12)15/h3-6,8-9H,2,7,10,15H2,1H3,(H,16,19). The van der Waals surface area contributed by atoms with Crippen LogP contribution in [0.4, 0.5) is 5.69 Å². The SMILES string of the molecule is CCCNC(=O)Cn1cc(-c2ccccc2N)cn1. The van der Waals surface area contributed by atoms with E-state index in [9.17, 15) is 4.79 Å². The summed E-state index contributed by atoms with van der Waals surface area (Å²) < 4.78 is 1.62. The summed E-state index contributed by atoms with van der Waals surface area (Å²) in [6, 6.07) is 7.60. The van der Waals surface area contributed by atoms with E-state index >= 15 is 0 Å². The van der Waals surface area contributed by atoms with Crippen molar-refractivity contribution in [2.24, 2.45) is 0 Å². The molecule has 5 heteroatoms. The predicted octanol–water partition coefficient (Wildman–Crippen LogP) is 1.66. The molecule has 5 nitrogen and oxygen atoms in total. The van der Waals surface area contributed by atoms with Crippen LogP contribution < -0.4 is 11.1 Å². The molecule has 19 heavy (non-hydrogen) atoms. The summed E-state index contributed by atoms with van der Waals surface area (Å²) in [4.78, 5) is 11.6. The Hall–Kier alpha value is -2.30. The largest absolute Gasteiger partial charge is 0.398 e. The van der Waals surface area contributed by atoms with Crippen molar-refractivity contribution in [3.8, 4) is 11.1 Å². The fraction of sp³-hybridized carbons (Fsp3) is 0.286. The Balaban J connectivity index is 2.07. The van der Waals surface area contributed by atoms with Crippen molar-refractivity contribution in [2.75, 3.05) is 12.3 Å². The Kier molecular flexibility index (Phi) is 4.18. The number of nitrogen functional groups attached to an aromatic ring is 1. The normalized spacial score (nSPS) is 10.4. The van der Waals surface area contributed by atoms with Crippen molar-refractivity contribution < 1.29 is 4.79 Å². The van der Waals surface area contributed by atoms with E-state index in [0.29, 0.717) is 12.2 Å². The van der Waals surface area contributed by atoms with Gasteiger partial charge < -0.3 is 11.1 Å². The fourth-order valence-electron chi connectivity index (χ4n) is 1.82. The number of carbonyl (C=O) groups is 1. The first kappa shape index (κ1) is 13.1. The van der Waals surface area contributed by atoms with Crippen LogP contribution in [0.25, 0.3) is 11.1 Å². The summed E-state index contributed by atoms with van der Waals surface area (Å²) >= 11 is 0. The molecule has 1 heterocycles. The summed E-state index contributed by atoms with van der Waals surface area (Å²) in [5.74, 6) is -0.0301.